The molecule has 2 N–H and O–H groups in total. The summed E-state index contributed by atoms with van der Waals surface area (Å²) in [7, 11) is -3.03. The van der Waals surface area contributed by atoms with Crippen LogP contribution in [0.3, 0.4) is 0 Å². The highest BCUT2D eigenvalue weighted by Gasteiger charge is 2.52. The quantitative estimate of drug-likeness (QED) is 0.297. The first-order valence-electron chi connectivity index (χ1n) is 13.0. The number of hydrogen-bond acceptors (Lipinski definition) is 6. The smallest absolute Gasteiger partial charge is 0.411 e. The summed E-state index contributed by atoms with van der Waals surface area (Å²) in [5, 5.41) is 21.3. The van der Waals surface area contributed by atoms with Gasteiger partial charge in [0, 0.05) is 12.5 Å². The predicted octanol–water partition coefficient (Wildman–Crippen LogP) is 3.89. The Balaban J connectivity index is 1.48. The van der Waals surface area contributed by atoms with Crippen molar-refractivity contribution in [2.75, 3.05) is 0 Å². The standard InChI is InChI=1S/C29H32FN5O4S/c1-29(2,3)39-28(37)35-23-11-10-21(13-23)26(35)27(36)34-22(16-31)12-20-9-8-19(15-25(20)30)18-6-5-7-24(14-18)40(4,38)33-17-32/h5-9,14-15,21-23,26H,4,10-13H2,1-3H3,(H,33,38)(H,34,36). The fourth-order valence-electron chi connectivity index (χ4n) is 5.41. The maximum Gasteiger partial charge on any atom is 0.411 e. The monoisotopic (exact) mass is 565 g/mol. The number of rotatable bonds is 7. The summed E-state index contributed by atoms with van der Waals surface area (Å²) in [5.41, 5.74) is 0.599. The number of hydrogen-bond donors (Lipinski definition) is 2. The maximum atomic E-state index is 15.2. The van der Waals surface area contributed by atoms with Crippen molar-refractivity contribution in [2.45, 2.75) is 75.1 Å². The Morgan fingerprint density at radius 2 is 1.93 bits per heavy atom. The fraction of sp³-hybridized carbons (Fsp3) is 0.414. The summed E-state index contributed by atoms with van der Waals surface area (Å²) in [6, 6.07) is 11.2. The molecule has 0 spiro atoms. The molecule has 2 aromatic carbocycles. The van der Waals surface area contributed by atoms with Crippen LogP contribution < -0.4 is 10.0 Å². The van der Waals surface area contributed by atoms with E-state index >= 15 is 4.39 Å². The third-order valence-corrected chi connectivity index (χ3v) is 8.60. The topological polar surface area (TPSA) is 135 Å². The van der Waals surface area contributed by atoms with E-state index in [1.165, 1.54) is 17.0 Å². The summed E-state index contributed by atoms with van der Waals surface area (Å²) in [6.45, 7) is 5.30. The number of carbonyl (C=O) groups is 2. The van der Waals surface area contributed by atoms with Crippen molar-refractivity contribution >= 4 is 27.6 Å². The zero-order chi connectivity index (χ0) is 29.2. The Hall–Kier alpha value is -4.09. The second kappa shape index (κ2) is 11.2. The van der Waals surface area contributed by atoms with E-state index in [0.29, 0.717) is 22.4 Å². The van der Waals surface area contributed by atoms with Crippen LogP contribution in [0, 0.1) is 34.5 Å². The number of likely N-dealkylation sites (tertiary alicyclic amines) is 1. The van der Waals surface area contributed by atoms with Crippen LogP contribution in [0.1, 0.15) is 45.6 Å². The number of benzene rings is 2. The van der Waals surface area contributed by atoms with Gasteiger partial charge in [0.25, 0.3) is 0 Å². The van der Waals surface area contributed by atoms with Crippen LogP contribution in [0.4, 0.5) is 9.18 Å². The Kier molecular flexibility index (Phi) is 8.08. The molecule has 2 bridgehead atoms. The summed E-state index contributed by atoms with van der Waals surface area (Å²) in [4.78, 5) is 28.0. The molecular formula is C29H32FN5O4S. The fourth-order valence-corrected chi connectivity index (χ4v) is 6.30. The van der Waals surface area contributed by atoms with Gasteiger partial charge in [-0.3, -0.25) is 9.69 Å². The van der Waals surface area contributed by atoms with Crippen molar-refractivity contribution < 1.29 is 22.9 Å². The van der Waals surface area contributed by atoms with Crippen LogP contribution in [-0.2, 0) is 25.7 Å². The number of nitrogens with one attached hydrogen (secondary N) is 2. The zero-order valence-electron chi connectivity index (χ0n) is 22.6. The third-order valence-electron chi connectivity index (χ3n) is 7.17. The van der Waals surface area contributed by atoms with Gasteiger partial charge >= 0.3 is 6.09 Å². The lowest BCUT2D eigenvalue weighted by Crippen LogP contribution is -2.55. The molecule has 2 fully saturated rings. The molecule has 5 unspecified atom stereocenters. The lowest BCUT2D eigenvalue weighted by atomic mass is 9.97. The first kappa shape index (κ1) is 28.9. The first-order valence-corrected chi connectivity index (χ1v) is 14.7. The number of halogens is 1. The largest absolute Gasteiger partial charge is 0.444 e. The van der Waals surface area contributed by atoms with E-state index in [0.717, 1.165) is 12.8 Å². The van der Waals surface area contributed by atoms with E-state index in [4.69, 9.17) is 10.00 Å². The number of carbonyl (C=O) groups excluding carboxylic acids is 2. The molecule has 1 aliphatic carbocycles. The molecule has 210 valence electrons. The summed E-state index contributed by atoms with van der Waals surface area (Å²) >= 11 is 0. The minimum atomic E-state index is -3.03. The number of ether oxygens (including phenoxy) is 1. The average Bonchev–Trinajstić information content (AvgIpc) is 3.50. The summed E-state index contributed by atoms with van der Waals surface area (Å²) in [6.07, 6.45) is 3.34. The minimum absolute atomic E-state index is 0.0139. The second-order valence-electron chi connectivity index (χ2n) is 11.2. The Morgan fingerprint density at radius 1 is 1.20 bits per heavy atom. The molecule has 4 rings (SSSR count). The van der Waals surface area contributed by atoms with Crippen LogP contribution in [0.5, 0.6) is 0 Å². The molecule has 1 heterocycles. The van der Waals surface area contributed by atoms with Crippen LogP contribution in [0.2, 0.25) is 0 Å². The van der Waals surface area contributed by atoms with Crippen molar-refractivity contribution in [3.63, 3.8) is 0 Å². The van der Waals surface area contributed by atoms with E-state index in [-0.39, 0.29) is 23.9 Å². The normalized spacial score (nSPS) is 21.9. The number of nitriles is 2. The number of fused-ring (bicyclic) bond motifs is 2. The number of nitrogens with zero attached hydrogens (tertiary/aromatic N) is 3. The highest BCUT2D eigenvalue weighted by atomic mass is 32.2. The third kappa shape index (κ3) is 6.21. The Morgan fingerprint density at radius 3 is 2.58 bits per heavy atom. The minimum Gasteiger partial charge on any atom is -0.444 e. The van der Waals surface area contributed by atoms with Gasteiger partial charge in [0.05, 0.1) is 20.7 Å². The molecule has 5 atom stereocenters. The van der Waals surface area contributed by atoms with E-state index in [9.17, 15) is 19.1 Å². The van der Waals surface area contributed by atoms with Gasteiger partial charge in [-0.1, -0.05) is 24.3 Å². The van der Waals surface area contributed by atoms with Gasteiger partial charge in [-0.2, -0.15) is 10.5 Å². The van der Waals surface area contributed by atoms with Crippen LogP contribution in [0.15, 0.2) is 47.4 Å². The van der Waals surface area contributed by atoms with Gasteiger partial charge < -0.3 is 10.1 Å². The molecule has 9 nitrogen and oxygen atoms in total. The van der Waals surface area contributed by atoms with Gasteiger partial charge in [0.1, 0.15) is 23.5 Å². The van der Waals surface area contributed by atoms with Gasteiger partial charge in [-0.15, -0.1) is 0 Å². The molecule has 2 aliphatic rings. The van der Waals surface area contributed by atoms with Crippen molar-refractivity contribution in [1.82, 2.24) is 14.9 Å². The number of amides is 2. The van der Waals surface area contributed by atoms with Gasteiger partial charge in [0.15, 0.2) is 6.19 Å². The number of piperidine rings is 1. The summed E-state index contributed by atoms with van der Waals surface area (Å²) < 4.78 is 35.5. The van der Waals surface area contributed by atoms with Crippen LogP contribution in [0.25, 0.3) is 11.1 Å². The van der Waals surface area contributed by atoms with Crippen LogP contribution in [-0.4, -0.2) is 50.7 Å². The second-order valence-corrected chi connectivity index (χ2v) is 13.2. The van der Waals surface area contributed by atoms with Crippen LogP contribution >= 0.6 is 0 Å². The molecule has 2 amide bonds. The van der Waals surface area contributed by atoms with Crippen molar-refractivity contribution in [3.8, 4) is 23.4 Å². The summed E-state index contributed by atoms with van der Waals surface area (Å²) in [5.74, 6) is 2.53. The van der Waals surface area contributed by atoms with Gasteiger partial charge in [-0.05, 0) is 86.7 Å². The maximum absolute atomic E-state index is 15.2. The molecule has 2 aromatic rings. The van der Waals surface area contributed by atoms with Gasteiger partial charge in [0.2, 0.25) is 5.91 Å². The van der Waals surface area contributed by atoms with E-state index in [1.54, 1.807) is 57.3 Å². The molecule has 1 aliphatic heterocycles. The highest BCUT2D eigenvalue weighted by molar-refractivity contribution is 7.98. The Labute approximate surface area is 234 Å². The molecule has 40 heavy (non-hydrogen) atoms. The average molecular weight is 566 g/mol. The molecule has 0 aromatic heterocycles. The zero-order valence-corrected chi connectivity index (χ0v) is 23.5. The lowest BCUT2D eigenvalue weighted by molar-refractivity contribution is -0.128. The van der Waals surface area contributed by atoms with Gasteiger partial charge in [-0.25, -0.2) is 18.1 Å². The van der Waals surface area contributed by atoms with E-state index in [2.05, 4.69) is 15.9 Å². The molecule has 1 saturated carbocycles. The molecule has 0 radical (unpaired) electrons. The van der Waals surface area contributed by atoms with Crippen molar-refractivity contribution in [3.05, 3.63) is 53.8 Å². The molecule has 11 heteroatoms. The molecule has 1 saturated heterocycles. The van der Waals surface area contributed by atoms with E-state index in [1.807, 2.05) is 6.07 Å². The van der Waals surface area contributed by atoms with Crippen molar-refractivity contribution in [2.24, 2.45) is 5.92 Å². The first-order chi connectivity index (χ1) is 18.8. The Bertz CT molecular complexity index is 1510. The SMILES string of the molecule is C=S(=O)(NC#N)c1cccc(-c2ccc(CC(C#N)NC(=O)C3C4CCC(C4)N3C(=O)OC(C)(C)C)c(F)c2)c1. The van der Waals surface area contributed by atoms with E-state index < -0.39 is 45.2 Å². The predicted molar refractivity (Wildman–Crippen MR) is 148 cm³/mol. The van der Waals surface area contributed by atoms with Crippen molar-refractivity contribution in [1.29, 1.82) is 10.5 Å². The highest BCUT2D eigenvalue weighted by Crippen LogP contribution is 2.43. The molecular weight excluding hydrogens is 533 g/mol. The lowest BCUT2D eigenvalue weighted by Gasteiger charge is -2.35.